The van der Waals surface area contributed by atoms with Crippen molar-refractivity contribution >= 4 is 55.9 Å². The fourth-order valence-corrected chi connectivity index (χ4v) is 4.96. The summed E-state index contributed by atoms with van der Waals surface area (Å²) >= 11 is 6.25. The van der Waals surface area contributed by atoms with E-state index in [0.29, 0.717) is 30.3 Å². The second-order valence-electron chi connectivity index (χ2n) is 10.6. The van der Waals surface area contributed by atoms with Crippen LogP contribution in [0.5, 0.6) is 0 Å². The highest BCUT2D eigenvalue weighted by molar-refractivity contribution is 7.94. The Labute approximate surface area is 233 Å². The quantitative estimate of drug-likeness (QED) is 0.312. The van der Waals surface area contributed by atoms with Crippen LogP contribution in [0.25, 0.3) is 0 Å². The molecule has 1 aliphatic heterocycles. The SMILES string of the molecule is Cc1cnc(Nc2cc(F)c(N3CCN(C)CC3)c(F)c2)cc1Nc1ccc(Cl)c(NS(=O)(=O)C(C)(C)C)c1. The number of pyridine rings is 1. The number of aromatic nitrogens is 1. The van der Waals surface area contributed by atoms with Crippen molar-refractivity contribution in [2.45, 2.75) is 32.4 Å². The molecule has 0 bridgehead atoms. The van der Waals surface area contributed by atoms with Crippen molar-refractivity contribution in [1.82, 2.24) is 9.88 Å². The minimum absolute atomic E-state index is 0.0199. The van der Waals surface area contributed by atoms with Crippen LogP contribution in [-0.2, 0) is 10.0 Å². The lowest BCUT2D eigenvalue weighted by Crippen LogP contribution is -2.45. The summed E-state index contributed by atoms with van der Waals surface area (Å²) in [6, 6.07) is 9.13. The summed E-state index contributed by atoms with van der Waals surface area (Å²) in [5.74, 6) is -0.908. The molecule has 2 aromatic carbocycles. The van der Waals surface area contributed by atoms with Crippen molar-refractivity contribution in [1.29, 1.82) is 0 Å². The Morgan fingerprint density at radius 3 is 2.18 bits per heavy atom. The van der Waals surface area contributed by atoms with Gasteiger partial charge in [0.2, 0.25) is 10.0 Å². The zero-order chi connectivity index (χ0) is 28.5. The number of anilines is 6. The summed E-state index contributed by atoms with van der Waals surface area (Å²) in [5, 5.41) is 6.47. The van der Waals surface area contributed by atoms with E-state index in [0.717, 1.165) is 18.7 Å². The number of nitrogens with one attached hydrogen (secondary N) is 3. The summed E-state index contributed by atoms with van der Waals surface area (Å²) in [7, 11) is -1.70. The van der Waals surface area contributed by atoms with Gasteiger partial charge in [0.25, 0.3) is 0 Å². The minimum atomic E-state index is -3.68. The molecule has 0 aliphatic carbocycles. The Balaban J connectivity index is 1.54. The molecule has 1 saturated heterocycles. The topological polar surface area (TPSA) is 89.6 Å². The van der Waals surface area contributed by atoms with E-state index in [-0.39, 0.29) is 22.1 Å². The number of likely N-dealkylation sites (N-methyl/N-ethyl adjacent to an activating group) is 1. The van der Waals surface area contributed by atoms with Gasteiger partial charge in [0.15, 0.2) is 11.6 Å². The fraction of sp³-hybridized carbons (Fsp3) is 0.370. The molecule has 0 atom stereocenters. The van der Waals surface area contributed by atoms with Crippen LogP contribution < -0.4 is 20.3 Å². The lowest BCUT2D eigenvalue weighted by Gasteiger charge is -2.34. The predicted octanol–water partition coefficient (Wildman–Crippen LogP) is 6.10. The zero-order valence-electron chi connectivity index (χ0n) is 22.6. The maximum atomic E-state index is 15.0. The third-order valence-electron chi connectivity index (χ3n) is 6.51. The first kappa shape index (κ1) is 28.8. The van der Waals surface area contributed by atoms with E-state index >= 15 is 0 Å². The van der Waals surface area contributed by atoms with Crippen LogP contribution in [0.15, 0.2) is 42.6 Å². The molecule has 0 radical (unpaired) electrons. The molecule has 12 heteroatoms. The summed E-state index contributed by atoms with van der Waals surface area (Å²) in [5.41, 5.74) is 2.50. The molecule has 0 saturated carbocycles. The van der Waals surface area contributed by atoms with Crippen LogP contribution >= 0.6 is 11.6 Å². The molecule has 0 unspecified atom stereocenters. The molecule has 1 fully saturated rings. The van der Waals surface area contributed by atoms with E-state index in [1.807, 2.05) is 14.0 Å². The van der Waals surface area contributed by atoms with Crippen molar-refractivity contribution in [2.24, 2.45) is 0 Å². The normalized spacial score (nSPS) is 14.8. The first-order chi connectivity index (χ1) is 18.2. The maximum Gasteiger partial charge on any atom is 0.237 e. The Morgan fingerprint density at radius 2 is 1.56 bits per heavy atom. The zero-order valence-corrected chi connectivity index (χ0v) is 24.1. The van der Waals surface area contributed by atoms with Gasteiger partial charge in [-0.2, -0.15) is 0 Å². The lowest BCUT2D eigenvalue weighted by molar-refractivity contribution is 0.310. The molecule has 3 N–H and O–H groups in total. The van der Waals surface area contributed by atoms with Crippen LogP contribution in [0.1, 0.15) is 26.3 Å². The average molecular weight is 579 g/mol. The first-order valence-electron chi connectivity index (χ1n) is 12.5. The van der Waals surface area contributed by atoms with Crippen LogP contribution in [0.3, 0.4) is 0 Å². The standard InChI is InChI=1S/C27H33ClF2N6O2S/c1-17-16-31-25(33-19-12-21(29)26(22(30)13-19)36-10-8-35(5)9-11-36)15-23(17)32-18-6-7-20(28)24(14-18)34-39(37,38)27(2,3)4/h6-7,12-16,34H,8-11H2,1-5H3,(H2,31,32,33). The molecule has 1 aromatic heterocycles. The molecule has 4 rings (SSSR count). The van der Waals surface area contributed by atoms with Crippen molar-refractivity contribution in [2.75, 3.05) is 53.5 Å². The Kier molecular flexibility index (Phi) is 8.25. The maximum absolute atomic E-state index is 15.0. The number of nitrogens with zero attached hydrogens (tertiary/aromatic N) is 3. The summed E-state index contributed by atoms with van der Waals surface area (Å²) < 4.78 is 56.7. The second kappa shape index (κ2) is 11.1. The number of aryl methyl sites for hydroxylation is 1. The van der Waals surface area contributed by atoms with Gasteiger partial charge < -0.3 is 20.4 Å². The van der Waals surface area contributed by atoms with Gasteiger partial charge in [0.05, 0.1) is 15.5 Å². The predicted molar refractivity (Wildman–Crippen MR) is 155 cm³/mol. The van der Waals surface area contributed by atoms with Gasteiger partial charge in [0.1, 0.15) is 11.5 Å². The van der Waals surface area contributed by atoms with Crippen LogP contribution in [-0.4, -0.2) is 56.3 Å². The number of halogens is 3. The third kappa shape index (κ3) is 6.71. The fourth-order valence-electron chi connectivity index (χ4n) is 3.98. The first-order valence-corrected chi connectivity index (χ1v) is 14.3. The number of rotatable bonds is 7. The summed E-state index contributed by atoms with van der Waals surface area (Å²) in [4.78, 5) is 8.18. The molecule has 39 heavy (non-hydrogen) atoms. The molecule has 1 aliphatic rings. The molecule has 0 spiro atoms. The van der Waals surface area contributed by atoms with Gasteiger partial charge in [-0.25, -0.2) is 22.2 Å². The molecule has 3 aromatic rings. The van der Waals surface area contributed by atoms with Gasteiger partial charge in [-0.15, -0.1) is 0 Å². The minimum Gasteiger partial charge on any atom is -0.364 e. The highest BCUT2D eigenvalue weighted by atomic mass is 35.5. The van der Waals surface area contributed by atoms with E-state index in [1.165, 1.54) is 12.1 Å². The van der Waals surface area contributed by atoms with E-state index in [9.17, 15) is 17.2 Å². The number of sulfonamides is 1. The van der Waals surface area contributed by atoms with Crippen LogP contribution in [0.4, 0.5) is 43.0 Å². The number of hydrogen-bond donors (Lipinski definition) is 3. The summed E-state index contributed by atoms with van der Waals surface area (Å²) in [6.07, 6.45) is 1.62. The molecular formula is C27H33ClF2N6O2S. The lowest BCUT2D eigenvalue weighted by atomic mass is 10.2. The summed E-state index contributed by atoms with van der Waals surface area (Å²) in [6.45, 7) is 9.21. The third-order valence-corrected chi connectivity index (χ3v) is 8.94. The largest absolute Gasteiger partial charge is 0.364 e. The number of piperazine rings is 1. The Hall–Kier alpha value is -3.15. The number of benzene rings is 2. The highest BCUT2D eigenvalue weighted by Crippen LogP contribution is 2.33. The van der Waals surface area contributed by atoms with Crippen LogP contribution in [0.2, 0.25) is 5.02 Å². The van der Waals surface area contributed by atoms with Crippen LogP contribution in [0, 0.1) is 18.6 Å². The number of hydrogen-bond acceptors (Lipinski definition) is 7. The van der Waals surface area contributed by atoms with Crippen molar-refractivity contribution in [3.8, 4) is 0 Å². The Morgan fingerprint density at radius 1 is 0.923 bits per heavy atom. The van der Waals surface area contributed by atoms with Gasteiger partial charge in [-0.05, 0) is 70.6 Å². The van der Waals surface area contributed by atoms with Gasteiger partial charge in [0, 0.05) is 55.5 Å². The molecular weight excluding hydrogens is 546 g/mol. The van der Waals surface area contributed by atoms with Gasteiger partial charge in [-0.1, -0.05) is 11.6 Å². The van der Waals surface area contributed by atoms with E-state index in [4.69, 9.17) is 11.6 Å². The molecule has 0 amide bonds. The molecule has 8 nitrogen and oxygen atoms in total. The van der Waals surface area contributed by atoms with Crippen molar-refractivity contribution < 1.29 is 17.2 Å². The highest BCUT2D eigenvalue weighted by Gasteiger charge is 2.29. The van der Waals surface area contributed by atoms with E-state index < -0.39 is 26.4 Å². The van der Waals surface area contributed by atoms with Crippen molar-refractivity contribution in [3.63, 3.8) is 0 Å². The monoisotopic (exact) mass is 578 g/mol. The second-order valence-corrected chi connectivity index (χ2v) is 13.5. The molecule has 2 heterocycles. The average Bonchev–Trinajstić information content (AvgIpc) is 2.83. The Bertz CT molecular complexity index is 1450. The van der Waals surface area contributed by atoms with Crippen molar-refractivity contribution in [3.05, 3.63) is 64.8 Å². The van der Waals surface area contributed by atoms with Gasteiger partial charge >= 0.3 is 0 Å². The smallest absolute Gasteiger partial charge is 0.237 e. The van der Waals surface area contributed by atoms with E-state index in [1.54, 1.807) is 56.1 Å². The molecule has 210 valence electrons. The van der Waals surface area contributed by atoms with Gasteiger partial charge in [-0.3, -0.25) is 4.72 Å². The van der Waals surface area contributed by atoms with E-state index in [2.05, 4.69) is 25.2 Å².